The minimum atomic E-state index is 0.759. The van der Waals surface area contributed by atoms with Gasteiger partial charge in [0, 0.05) is 23.2 Å². The number of halogens is 1. The fraction of sp³-hybridized carbons (Fsp3) is 0.364. The number of rotatable bonds is 1. The highest BCUT2D eigenvalue weighted by molar-refractivity contribution is 9.10. The summed E-state index contributed by atoms with van der Waals surface area (Å²) < 4.78 is 1.05. The lowest BCUT2D eigenvalue weighted by Gasteiger charge is -2.19. The lowest BCUT2D eigenvalue weighted by Crippen LogP contribution is -2.17. The van der Waals surface area contributed by atoms with Crippen molar-refractivity contribution >= 4 is 27.3 Å². The van der Waals surface area contributed by atoms with Crippen LogP contribution >= 0.6 is 15.9 Å². The van der Waals surface area contributed by atoms with Crippen molar-refractivity contribution in [1.29, 1.82) is 0 Å². The molecule has 1 saturated heterocycles. The molecule has 0 radical (unpaired) electrons. The first-order valence-corrected chi connectivity index (χ1v) is 5.52. The summed E-state index contributed by atoms with van der Waals surface area (Å²) in [5.74, 6) is 0. The lowest BCUT2D eigenvalue weighted by molar-refractivity contribution is 0.949. The smallest absolute Gasteiger partial charge is 0.209 e. The SMILES string of the molecule is [C-]#[N+]c1ccc(Br)cc1N1CCCC1. The largest absolute Gasteiger partial charge is 0.380 e. The van der Waals surface area contributed by atoms with Gasteiger partial charge in [-0.1, -0.05) is 28.1 Å². The molecule has 1 fully saturated rings. The van der Waals surface area contributed by atoms with Gasteiger partial charge in [0.15, 0.2) is 0 Å². The van der Waals surface area contributed by atoms with Crippen LogP contribution in [0, 0.1) is 6.57 Å². The van der Waals surface area contributed by atoms with Crippen molar-refractivity contribution in [3.63, 3.8) is 0 Å². The molecule has 0 amide bonds. The molecule has 1 aliphatic heterocycles. The predicted molar refractivity (Wildman–Crippen MR) is 61.9 cm³/mol. The quantitative estimate of drug-likeness (QED) is 0.692. The van der Waals surface area contributed by atoms with Gasteiger partial charge in [-0.3, -0.25) is 0 Å². The zero-order chi connectivity index (χ0) is 9.97. The van der Waals surface area contributed by atoms with Crippen LogP contribution in [0.5, 0.6) is 0 Å². The molecule has 0 atom stereocenters. The molecule has 1 heterocycles. The maximum absolute atomic E-state index is 7.10. The van der Waals surface area contributed by atoms with Gasteiger partial charge in [0.25, 0.3) is 0 Å². The summed E-state index contributed by atoms with van der Waals surface area (Å²) in [7, 11) is 0. The van der Waals surface area contributed by atoms with Crippen LogP contribution in [0.4, 0.5) is 11.4 Å². The predicted octanol–water partition coefficient (Wildman–Crippen LogP) is 3.60. The lowest BCUT2D eigenvalue weighted by atomic mass is 10.2. The molecule has 2 rings (SSSR count). The highest BCUT2D eigenvalue weighted by Gasteiger charge is 2.15. The van der Waals surface area contributed by atoms with Crippen molar-refractivity contribution < 1.29 is 0 Å². The second-order valence-electron chi connectivity index (χ2n) is 3.44. The Morgan fingerprint density at radius 1 is 1.29 bits per heavy atom. The molecule has 2 nitrogen and oxygen atoms in total. The molecule has 0 unspecified atom stereocenters. The molecule has 0 N–H and O–H groups in total. The van der Waals surface area contributed by atoms with Crippen LogP contribution in [0.15, 0.2) is 22.7 Å². The van der Waals surface area contributed by atoms with Gasteiger partial charge in [-0.25, -0.2) is 4.85 Å². The van der Waals surface area contributed by atoms with Crippen LogP contribution in [-0.2, 0) is 0 Å². The first-order chi connectivity index (χ1) is 6.81. The first-order valence-electron chi connectivity index (χ1n) is 4.73. The van der Waals surface area contributed by atoms with Crippen LogP contribution in [0.2, 0.25) is 0 Å². The normalized spacial score (nSPS) is 15.6. The maximum Gasteiger partial charge on any atom is 0.209 e. The first kappa shape index (κ1) is 9.54. The van der Waals surface area contributed by atoms with Crippen molar-refractivity contribution in [2.24, 2.45) is 0 Å². The summed E-state index contributed by atoms with van der Waals surface area (Å²) in [6.45, 7) is 9.27. The summed E-state index contributed by atoms with van der Waals surface area (Å²) in [6.07, 6.45) is 2.48. The van der Waals surface area contributed by atoms with Gasteiger partial charge in [-0.2, -0.15) is 0 Å². The number of benzene rings is 1. The van der Waals surface area contributed by atoms with E-state index in [9.17, 15) is 0 Å². The van der Waals surface area contributed by atoms with Gasteiger partial charge >= 0.3 is 0 Å². The van der Waals surface area contributed by atoms with Crippen LogP contribution in [0.3, 0.4) is 0 Å². The summed E-state index contributed by atoms with van der Waals surface area (Å²) >= 11 is 3.44. The third kappa shape index (κ3) is 1.76. The maximum atomic E-state index is 7.10. The Morgan fingerprint density at radius 3 is 2.64 bits per heavy atom. The second-order valence-corrected chi connectivity index (χ2v) is 4.35. The van der Waals surface area contributed by atoms with Gasteiger partial charge in [0.2, 0.25) is 5.69 Å². The van der Waals surface area contributed by atoms with Crippen LogP contribution < -0.4 is 4.90 Å². The molecule has 0 bridgehead atoms. The Labute approximate surface area is 92.5 Å². The molecule has 0 saturated carbocycles. The minimum absolute atomic E-state index is 0.759. The Hall–Kier alpha value is -1.01. The van der Waals surface area contributed by atoms with Gasteiger partial charge in [-0.05, 0) is 18.9 Å². The molecule has 1 aromatic rings. The molecular formula is C11H11BrN2. The zero-order valence-electron chi connectivity index (χ0n) is 7.83. The van der Waals surface area contributed by atoms with Crippen LogP contribution in [0.25, 0.3) is 4.85 Å². The number of nitrogens with zero attached hydrogens (tertiary/aromatic N) is 2. The molecule has 1 aromatic carbocycles. The fourth-order valence-corrected chi connectivity index (χ4v) is 2.15. The standard InChI is InChI=1S/C11H11BrN2/c1-13-10-5-4-9(12)8-11(10)14-6-2-3-7-14/h4-5,8H,2-3,6-7H2. The molecular weight excluding hydrogens is 240 g/mol. The van der Waals surface area contributed by atoms with E-state index in [-0.39, 0.29) is 0 Å². The number of hydrogen-bond donors (Lipinski definition) is 0. The van der Waals surface area contributed by atoms with E-state index in [0.717, 1.165) is 28.9 Å². The van der Waals surface area contributed by atoms with Crippen molar-refractivity contribution in [3.05, 3.63) is 34.1 Å². The molecule has 0 aromatic heterocycles. The van der Waals surface area contributed by atoms with E-state index in [1.54, 1.807) is 0 Å². The van der Waals surface area contributed by atoms with Gasteiger partial charge in [0.1, 0.15) is 0 Å². The average Bonchev–Trinajstić information content (AvgIpc) is 2.70. The highest BCUT2D eigenvalue weighted by atomic mass is 79.9. The highest BCUT2D eigenvalue weighted by Crippen LogP contribution is 2.33. The van der Waals surface area contributed by atoms with E-state index in [1.165, 1.54) is 12.8 Å². The molecule has 72 valence electrons. The minimum Gasteiger partial charge on any atom is -0.380 e. The van der Waals surface area contributed by atoms with Gasteiger partial charge in [0.05, 0.1) is 6.57 Å². The fourth-order valence-electron chi connectivity index (χ4n) is 1.80. The molecule has 0 aliphatic carbocycles. The molecule has 0 spiro atoms. The third-order valence-corrected chi connectivity index (χ3v) is 3.00. The molecule has 14 heavy (non-hydrogen) atoms. The Morgan fingerprint density at radius 2 is 2.00 bits per heavy atom. The van der Waals surface area contributed by atoms with E-state index in [1.807, 2.05) is 18.2 Å². The van der Waals surface area contributed by atoms with Crippen LogP contribution in [0.1, 0.15) is 12.8 Å². The molecule has 1 aliphatic rings. The summed E-state index contributed by atoms with van der Waals surface area (Å²) in [5, 5.41) is 0. The van der Waals surface area contributed by atoms with E-state index >= 15 is 0 Å². The zero-order valence-corrected chi connectivity index (χ0v) is 9.42. The second kappa shape index (κ2) is 4.02. The van der Waals surface area contributed by atoms with Crippen molar-refractivity contribution in [2.75, 3.05) is 18.0 Å². The third-order valence-electron chi connectivity index (χ3n) is 2.50. The van der Waals surface area contributed by atoms with E-state index < -0.39 is 0 Å². The topological polar surface area (TPSA) is 7.60 Å². The Balaban J connectivity index is 2.39. The molecule has 3 heteroatoms. The van der Waals surface area contributed by atoms with Gasteiger partial charge < -0.3 is 4.90 Å². The van der Waals surface area contributed by atoms with E-state index in [0.29, 0.717) is 0 Å². The number of hydrogen-bond acceptors (Lipinski definition) is 1. The van der Waals surface area contributed by atoms with E-state index in [2.05, 4.69) is 25.7 Å². The monoisotopic (exact) mass is 250 g/mol. The van der Waals surface area contributed by atoms with Crippen molar-refractivity contribution in [1.82, 2.24) is 0 Å². The van der Waals surface area contributed by atoms with Crippen molar-refractivity contribution in [2.45, 2.75) is 12.8 Å². The number of anilines is 1. The Bertz CT molecular complexity index is 375. The van der Waals surface area contributed by atoms with Gasteiger partial charge in [-0.15, -0.1) is 0 Å². The Kier molecular flexibility index (Phi) is 2.74. The summed E-state index contributed by atoms with van der Waals surface area (Å²) in [4.78, 5) is 5.83. The summed E-state index contributed by atoms with van der Waals surface area (Å²) in [6, 6.07) is 5.84. The average molecular weight is 251 g/mol. The van der Waals surface area contributed by atoms with Crippen molar-refractivity contribution in [3.8, 4) is 0 Å². The summed E-state index contributed by atoms with van der Waals surface area (Å²) in [5.41, 5.74) is 1.84. The van der Waals surface area contributed by atoms with E-state index in [4.69, 9.17) is 6.57 Å². The van der Waals surface area contributed by atoms with Crippen LogP contribution in [-0.4, -0.2) is 13.1 Å².